The van der Waals surface area contributed by atoms with Crippen molar-refractivity contribution >= 4 is 0 Å². The lowest BCUT2D eigenvalue weighted by atomic mass is 10.0. The summed E-state index contributed by atoms with van der Waals surface area (Å²) in [6.45, 7) is 4.91. The van der Waals surface area contributed by atoms with Crippen molar-refractivity contribution in [1.29, 1.82) is 0 Å². The average Bonchev–Trinajstić information content (AvgIpc) is 2.00. The summed E-state index contributed by atoms with van der Waals surface area (Å²) in [5, 5.41) is 8.45. The normalized spacial score (nSPS) is 16.8. The number of hydrogen-bond acceptors (Lipinski definition) is 3. The van der Waals surface area contributed by atoms with Crippen LogP contribution < -0.4 is 5.73 Å². The van der Waals surface area contributed by atoms with E-state index in [4.69, 9.17) is 15.6 Å². The van der Waals surface area contributed by atoms with Gasteiger partial charge in [-0.25, -0.2) is 0 Å². The molecule has 0 aromatic heterocycles. The van der Waals surface area contributed by atoms with Crippen molar-refractivity contribution < 1.29 is 9.84 Å². The molecule has 0 heterocycles. The fourth-order valence-electron chi connectivity index (χ4n) is 0.597. The molecule has 0 saturated carbocycles. The lowest BCUT2D eigenvalue weighted by Crippen LogP contribution is -2.37. The van der Waals surface area contributed by atoms with Crippen molar-refractivity contribution in [2.75, 3.05) is 19.8 Å². The summed E-state index contributed by atoms with van der Waals surface area (Å²) in [6.07, 6.45) is 0.878. The summed E-state index contributed by atoms with van der Waals surface area (Å²) < 4.78 is 5.30. The molecule has 62 valence electrons. The van der Waals surface area contributed by atoms with Crippen LogP contribution in [0, 0.1) is 0 Å². The maximum Gasteiger partial charge on any atom is 0.0774 e. The van der Waals surface area contributed by atoms with Crippen LogP contribution in [0.5, 0.6) is 0 Å². The van der Waals surface area contributed by atoms with E-state index in [1.165, 1.54) is 0 Å². The van der Waals surface area contributed by atoms with Crippen LogP contribution in [-0.4, -0.2) is 30.5 Å². The van der Waals surface area contributed by atoms with E-state index in [1.807, 2.05) is 13.8 Å². The Morgan fingerprint density at radius 3 is 2.50 bits per heavy atom. The second kappa shape index (κ2) is 4.66. The Morgan fingerprint density at radius 1 is 1.60 bits per heavy atom. The molecule has 3 heteroatoms. The third-order valence-corrected chi connectivity index (χ3v) is 1.72. The topological polar surface area (TPSA) is 55.5 Å². The molecule has 0 aliphatic rings. The van der Waals surface area contributed by atoms with E-state index < -0.39 is 0 Å². The SMILES string of the molecule is CCC(C)(CN)OCCO. The summed E-state index contributed by atoms with van der Waals surface area (Å²) in [5.41, 5.74) is 5.20. The van der Waals surface area contributed by atoms with Gasteiger partial charge < -0.3 is 15.6 Å². The van der Waals surface area contributed by atoms with E-state index in [9.17, 15) is 0 Å². The maximum absolute atomic E-state index is 8.45. The molecule has 3 nitrogen and oxygen atoms in total. The Kier molecular flexibility index (Phi) is 4.60. The smallest absolute Gasteiger partial charge is 0.0774 e. The molecule has 0 aliphatic heterocycles. The van der Waals surface area contributed by atoms with Gasteiger partial charge in [-0.2, -0.15) is 0 Å². The number of ether oxygens (including phenoxy) is 1. The number of aliphatic hydroxyl groups excluding tert-OH is 1. The first-order valence-corrected chi connectivity index (χ1v) is 3.63. The third kappa shape index (κ3) is 3.15. The third-order valence-electron chi connectivity index (χ3n) is 1.72. The molecular formula is C7H17NO2. The van der Waals surface area contributed by atoms with E-state index in [-0.39, 0.29) is 12.2 Å². The zero-order valence-corrected chi connectivity index (χ0v) is 6.76. The summed E-state index contributed by atoms with van der Waals surface area (Å²) in [5.74, 6) is 0. The minimum Gasteiger partial charge on any atom is -0.394 e. The summed E-state index contributed by atoms with van der Waals surface area (Å²) in [4.78, 5) is 0. The Morgan fingerprint density at radius 2 is 2.20 bits per heavy atom. The monoisotopic (exact) mass is 147 g/mol. The molecule has 0 rings (SSSR count). The first-order valence-electron chi connectivity index (χ1n) is 3.63. The number of nitrogens with two attached hydrogens (primary N) is 1. The highest BCUT2D eigenvalue weighted by Crippen LogP contribution is 2.11. The maximum atomic E-state index is 8.45. The number of hydrogen-bond donors (Lipinski definition) is 2. The summed E-state index contributed by atoms with van der Waals surface area (Å²) in [7, 11) is 0. The fourth-order valence-corrected chi connectivity index (χ4v) is 0.597. The van der Waals surface area contributed by atoms with E-state index in [2.05, 4.69) is 0 Å². The average molecular weight is 147 g/mol. The van der Waals surface area contributed by atoms with Crippen LogP contribution in [0.2, 0.25) is 0 Å². The molecule has 0 aromatic rings. The van der Waals surface area contributed by atoms with Crippen molar-refractivity contribution in [3.63, 3.8) is 0 Å². The second-order valence-corrected chi connectivity index (χ2v) is 2.58. The molecule has 0 amide bonds. The van der Waals surface area contributed by atoms with Gasteiger partial charge >= 0.3 is 0 Å². The minimum atomic E-state index is -0.247. The van der Waals surface area contributed by atoms with Crippen LogP contribution in [0.25, 0.3) is 0 Å². The molecule has 0 fully saturated rings. The van der Waals surface area contributed by atoms with Gasteiger partial charge in [0.15, 0.2) is 0 Å². The van der Waals surface area contributed by atoms with Crippen molar-refractivity contribution in [3.8, 4) is 0 Å². The number of rotatable bonds is 5. The molecule has 3 N–H and O–H groups in total. The van der Waals surface area contributed by atoms with Crippen LogP contribution >= 0.6 is 0 Å². The van der Waals surface area contributed by atoms with Gasteiger partial charge in [0.25, 0.3) is 0 Å². The quantitative estimate of drug-likeness (QED) is 0.581. The predicted molar refractivity (Wildman–Crippen MR) is 40.8 cm³/mol. The van der Waals surface area contributed by atoms with E-state index in [1.54, 1.807) is 0 Å². The Hall–Kier alpha value is -0.120. The van der Waals surface area contributed by atoms with Crippen molar-refractivity contribution in [2.45, 2.75) is 25.9 Å². The Labute approximate surface area is 62.2 Å². The van der Waals surface area contributed by atoms with E-state index in [0.29, 0.717) is 13.2 Å². The van der Waals surface area contributed by atoms with Gasteiger partial charge in [-0.1, -0.05) is 6.92 Å². The van der Waals surface area contributed by atoms with Crippen LogP contribution in [-0.2, 0) is 4.74 Å². The van der Waals surface area contributed by atoms with Gasteiger partial charge in [-0.05, 0) is 13.3 Å². The molecule has 0 aromatic carbocycles. The fraction of sp³-hybridized carbons (Fsp3) is 1.00. The first-order chi connectivity index (χ1) is 4.68. The highest BCUT2D eigenvalue weighted by atomic mass is 16.5. The van der Waals surface area contributed by atoms with Crippen molar-refractivity contribution in [3.05, 3.63) is 0 Å². The molecule has 0 bridgehead atoms. The standard InChI is InChI=1S/C7H17NO2/c1-3-7(2,6-8)10-5-4-9/h9H,3-6,8H2,1-2H3. The van der Waals surface area contributed by atoms with Crippen LogP contribution in [0.15, 0.2) is 0 Å². The Bertz CT molecular complexity index is 81.7. The second-order valence-electron chi connectivity index (χ2n) is 2.58. The van der Waals surface area contributed by atoms with Gasteiger partial charge in [-0.3, -0.25) is 0 Å². The van der Waals surface area contributed by atoms with E-state index in [0.717, 1.165) is 6.42 Å². The minimum absolute atomic E-state index is 0.0651. The van der Waals surface area contributed by atoms with Gasteiger partial charge in [-0.15, -0.1) is 0 Å². The molecule has 1 unspecified atom stereocenters. The molecule has 0 spiro atoms. The molecule has 10 heavy (non-hydrogen) atoms. The van der Waals surface area contributed by atoms with Gasteiger partial charge in [0.1, 0.15) is 0 Å². The summed E-state index contributed by atoms with van der Waals surface area (Å²) in [6, 6.07) is 0. The zero-order chi connectivity index (χ0) is 8.04. The highest BCUT2D eigenvalue weighted by Gasteiger charge is 2.19. The van der Waals surface area contributed by atoms with Gasteiger partial charge in [0.05, 0.1) is 18.8 Å². The molecule has 0 saturated heterocycles. The summed E-state index contributed by atoms with van der Waals surface area (Å²) >= 11 is 0. The molecule has 0 radical (unpaired) electrons. The Balaban J connectivity index is 3.58. The number of aliphatic hydroxyl groups is 1. The predicted octanol–water partition coefficient (Wildman–Crippen LogP) is 0.123. The van der Waals surface area contributed by atoms with Gasteiger partial charge in [0.2, 0.25) is 0 Å². The first kappa shape index (κ1) is 9.88. The van der Waals surface area contributed by atoms with Crippen LogP contribution in [0.1, 0.15) is 20.3 Å². The largest absolute Gasteiger partial charge is 0.394 e. The lowest BCUT2D eigenvalue weighted by Gasteiger charge is -2.26. The molecule has 1 atom stereocenters. The van der Waals surface area contributed by atoms with E-state index >= 15 is 0 Å². The van der Waals surface area contributed by atoms with Gasteiger partial charge in [0, 0.05) is 6.54 Å². The van der Waals surface area contributed by atoms with Crippen LogP contribution in [0.4, 0.5) is 0 Å². The van der Waals surface area contributed by atoms with Crippen LogP contribution in [0.3, 0.4) is 0 Å². The molecule has 0 aliphatic carbocycles. The lowest BCUT2D eigenvalue weighted by molar-refractivity contribution is -0.0415. The zero-order valence-electron chi connectivity index (χ0n) is 6.76. The molecular weight excluding hydrogens is 130 g/mol. The highest BCUT2D eigenvalue weighted by molar-refractivity contribution is 4.73. The van der Waals surface area contributed by atoms with Crippen molar-refractivity contribution in [2.24, 2.45) is 5.73 Å². The van der Waals surface area contributed by atoms with Crippen molar-refractivity contribution in [1.82, 2.24) is 0 Å².